The second kappa shape index (κ2) is 4.42. The van der Waals surface area contributed by atoms with Crippen molar-refractivity contribution in [2.75, 3.05) is 38.2 Å². The maximum Gasteiger partial charge on any atom is 0.288 e. The van der Waals surface area contributed by atoms with Crippen LogP contribution in [0.3, 0.4) is 0 Å². The van der Waals surface area contributed by atoms with E-state index in [1.165, 1.54) is 6.20 Å². The highest BCUT2D eigenvalue weighted by molar-refractivity contribution is 5.74. The molecule has 1 aromatic heterocycles. The number of hydrogen-bond acceptors (Lipinski definition) is 4. The number of aromatic nitrogens is 2. The van der Waals surface area contributed by atoms with Gasteiger partial charge in [0.15, 0.2) is 0 Å². The quantitative estimate of drug-likeness (QED) is 0.722. The Balaban J connectivity index is 2.10. The first-order valence-corrected chi connectivity index (χ1v) is 6.16. The van der Waals surface area contributed by atoms with Gasteiger partial charge in [-0.15, -0.1) is 0 Å². The van der Waals surface area contributed by atoms with E-state index in [0.717, 1.165) is 37.2 Å². The van der Waals surface area contributed by atoms with E-state index in [9.17, 15) is 4.79 Å². The number of para-hydroxylation sites is 2. The van der Waals surface area contributed by atoms with Crippen LogP contribution in [0.25, 0.3) is 11.0 Å². The van der Waals surface area contributed by atoms with Crippen molar-refractivity contribution in [2.24, 2.45) is 0 Å². The summed E-state index contributed by atoms with van der Waals surface area (Å²) in [6.45, 7) is 3.68. The zero-order valence-corrected chi connectivity index (χ0v) is 10.4. The molecule has 18 heavy (non-hydrogen) atoms. The van der Waals surface area contributed by atoms with Crippen LogP contribution in [-0.4, -0.2) is 47.8 Å². The molecule has 1 fully saturated rings. The van der Waals surface area contributed by atoms with Crippen LogP contribution in [0.2, 0.25) is 0 Å². The zero-order chi connectivity index (χ0) is 12.5. The van der Waals surface area contributed by atoms with E-state index in [1.807, 2.05) is 24.3 Å². The molecule has 0 saturated carbocycles. The van der Waals surface area contributed by atoms with E-state index < -0.39 is 0 Å². The molecular formula is C13H16N4O. The van der Waals surface area contributed by atoms with Gasteiger partial charge in [-0.25, -0.2) is 9.66 Å². The average Bonchev–Trinajstić information content (AvgIpc) is 2.40. The second-order valence-corrected chi connectivity index (χ2v) is 4.65. The third kappa shape index (κ3) is 1.86. The molecule has 1 aliphatic rings. The van der Waals surface area contributed by atoms with Crippen LogP contribution in [0.5, 0.6) is 0 Å². The molecule has 2 aromatic rings. The SMILES string of the molecule is CN1CCN(n2c(=O)cnc3ccccc32)CC1. The first-order chi connectivity index (χ1) is 8.75. The summed E-state index contributed by atoms with van der Waals surface area (Å²) in [4.78, 5) is 18.5. The molecule has 0 spiro atoms. The average molecular weight is 244 g/mol. The van der Waals surface area contributed by atoms with Crippen LogP contribution in [0, 0.1) is 0 Å². The van der Waals surface area contributed by atoms with Crippen molar-refractivity contribution < 1.29 is 0 Å². The van der Waals surface area contributed by atoms with E-state index in [-0.39, 0.29) is 5.56 Å². The number of hydrogen-bond donors (Lipinski definition) is 0. The maximum absolute atomic E-state index is 12.1. The van der Waals surface area contributed by atoms with Crippen LogP contribution < -0.4 is 10.6 Å². The van der Waals surface area contributed by atoms with Crippen molar-refractivity contribution in [3.8, 4) is 0 Å². The van der Waals surface area contributed by atoms with E-state index in [2.05, 4.69) is 21.9 Å². The summed E-state index contributed by atoms with van der Waals surface area (Å²) in [6.07, 6.45) is 1.40. The van der Waals surface area contributed by atoms with Gasteiger partial charge in [-0.1, -0.05) is 12.1 Å². The van der Waals surface area contributed by atoms with Crippen molar-refractivity contribution in [1.29, 1.82) is 0 Å². The molecule has 1 saturated heterocycles. The fourth-order valence-electron chi connectivity index (χ4n) is 2.34. The number of likely N-dealkylation sites (N-methyl/N-ethyl adjacent to an activating group) is 1. The lowest BCUT2D eigenvalue weighted by Crippen LogP contribution is -2.53. The second-order valence-electron chi connectivity index (χ2n) is 4.65. The summed E-state index contributed by atoms with van der Waals surface area (Å²) in [6, 6.07) is 7.76. The Morgan fingerprint density at radius 1 is 1.11 bits per heavy atom. The smallest absolute Gasteiger partial charge is 0.288 e. The van der Waals surface area contributed by atoms with Gasteiger partial charge < -0.3 is 9.91 Å². The number of nitrogens with zero attached hydrogens (tertiary/aromatic N) is 4. The van der Waals surface area contributed by atoms with Gasteiger partial charge in [-0.3, -0.25) is 4.79 Å². The third-order valence-electron chi connectivity index (χ3n) is 3.40. The Morgan fingerprint density at radius 2 is 1.83 bits per heavy atom. The fraction of sp³-hybridized carbons (Fsp3) is 0.385. The van der Waals surface area contributed by atoms with Crippen LogP contribution in [-0.2, 0) is 0 Å². The molecule has 0 bridgehead atoms. The number of benzene rings is 1. The highest BCUT2D eigenvalue weighted by atomic mass is 16.1. The maximum atomic E-state index is 12.1. The molecule has 0 unspecified atom stereocenters. The number of fused-ring (bicyclic) bond motifs is 1. The molecule has 94 valence electrons. The number of rotatable bonds is 1. The summed E-state index contributed by atoms with van der Waals surface area (Å²) in [7, 11) is 2.10. The summed E-state index contributed by atoms with van der Waals surface area (Å²) in [5.41, 5.74) is 1.68. The van der Waals surface area contributed by atoms with Crippen LogP contribution >= 0.6 is 0 Å². The normalized spacial score (nSPS) is 17.3. The van der Waals surface area contributed by atoms with Gasteiger partial charge in [0.1, 0.15) is 0 Å². The van der Waals surface area contributed by atoms with Crippen LogP contribution in [0.15, 0.2) is 35.3 Å². The molecule has 1 aliphatic heterocycles. The van der Waals surface area contributed by atoms with E-state index >= 15 is 0 Å². The predicted molar refractivity (Wildman–Crippen MR) is 71.5 cm³/mol. The molecular weight excluding hydrogens is 228 g/mol. The van der Waals surface area contributed by atoms with Gasteiger partial charge >= 0.3 is 0 Å². The molecule has 5 nitrogen and oxygen atoms in total. The molecule has 2 heterocycles. The van der Waals surface area contributed by atoms with Crippen molar-refractivity contribution in [1.82, 2.24) is 14.6 Å². The summed E-state index contributed by atoms with van der Waals surface area (Å²) < 4.78 is 1.76. The van der Waals surface area contributed by atoms with Crippen molar-refractivity contribution in [3.63, 3.8) is 0 Å². The molecule has 0 aliphatic carbocycles. The Kier molecular flexibility index (Phi) is 2.76. The molecule has 0 N–H and O–H groups in total. The van der Waals surface area contributed by atoms with Gasteiger partial charge in [0, 0.05) is 26.2 Å². The van der Waals surface area contributed by atoms with Gasteiger partial charge in [0.05, 0.1) is 17.2 Å². The first kappa shape index (κ1) is 11.2. The minimum Gasteiger partial charge on any atom is -0.307 e. The Hall–Kier alpha value is -1.88. The van der Waals surface area contributed by atoms with Gasteiger partial charge in [-0.2, -0.15) is 0 Å². The lowest BCUT2D eigenvalue weighted by Gasteiger charge is -2.35. The lowest BCUT2D eigenvalue weighted by atomic mass is 10.3. The van der Waals surface area contributed by atoms with Crippen LogP contribution in [0.1, 0.15) is 0 Å². The minimum atomic E-state index is -0.0572. The first-order valence-electron chi connectivity index (χ1n) is 6.16. The van der Waals surface area contributed by atoms with Crippen LogP contribution in [0.4, 0.5) is 0 Å². The summed E-state index contributed by atoms with van der Waals surface area (Å²) in [5.74, 6) is 0. The molecule has 5 heteroatoms. The monoisotopic (exact) mass is 244 g/mol. The van der Waals surface area contributed by atoms with Crippen molar-refractivity contribution >= 4 is 11.0 Å². The van der Waals surface area contributed by atoms with E-state index in [4.69, 9.17) is 0 Å². The largest absolute Gasteiger partial charge is 0.307 e. The van der Waals surface area contributed by atoms with E-state index in [1.54, 1.807) is 4.68 Å². The molecule has 0 amide bonds. The standard InChI is InChI=1S/C13H16N4O/c1-15-6-8-16(9-7-15)17-12-5-3-2-4-11(12)14-10-13(17)18/h2-5,10H,6-9H2,1H3. The minimum absolute atomic E-state index is 0.0572. The third-order valence-corrected chi connectivity index (χ3v) is 3.40. The highest BCUT2D eigenvalue weighted by Crippen LogP contribution is 2.09. The Bertz CT molecular complexity index is 614. The highest BCUT2D eigenvalue weighted by Gasteiger charge is 2.16. The van der Waals surface area contributed by atoms with Gasteiger partial charge in [0.25, 0.3) is 5.56 Å². The summed E-state index contributed by atoms with van der Waals surface area (Å²) in [5, 5.41) is 2.10. The van der Waals surface area contributed by atoms with Crippen molar-refractivity contribution in [2.45, 2.75) is 0 Å². The predicted octanol–water partition coefficient (Wildman–Crippen LogP) is 0.280. The molecule has 0 atom stereocenters. The topological polar surface area (TPSA) is 41.4 Å². The Labute approximate surface area is 105 Å². The molecule has 3 rings (SSSR count). The number of piperazine rings is 1. The van der Waals surface area contributed by atoms with Gasteiger partial charge in [0.2, 0.25) is 0 Å². The summed E-state index contributed by atoms with van der Waals surface area (Å²) >= 11 is 0. The van der Waals surface area contributed by atoms with Gasteiger partial charge in [-0.05, 0) is 19.2 Å². The molecule has 1 aromatic carbocycles. The molecule has 0 radical (unpaired) electrons. The van der Waals surface area contributed by atoms with E-state index in [0.29, 0.717) is 0 Å². The lowest BCUT2D eigenvalue weighted by molar-refractivity contribution is 0.287. The fourth-order valence-corrected chi connectivity index (χ4v) is 2.34. The Morgan fingerprint density at radius 3 is 2.61 bits per heavy atom. The van der Waals surface area contributed by atoms with Crippen molar-refractivity contribution in [3.05, 3.63) is 40.8 Å². The zero-order valence-electron chi connectivity index (χ0n) is 10.4.